The van der Waals surface area contributed by atoms with E-state index < -0.39 is 17.5 Å². The molecule has 2 rings (SSSR count). The number of amides is 1. The van der Waals surface area contributed by atoms with Gasteiger partial charge in [-0.15, -0.1) is 0 Å². The number of carbonyl (C=O) groups is 1. The molecule has 104 valence electrons. The molecule has 0 heterocycles. The van der Waals surface area contributed by atoms with Crippen molar-refractivity contribution in [3.63, 3.8) is 0 Å². The third-order valence-corrected chi connectivity index (χ3v) is 2.45. The molecular weight excluding hydrogens is 266 g/mol. The first-order valence-corrected chi connectivity index (χ1v) is 5.78. The molecule has 2 aromatic carbocycles. The topological polar surface area (TPSA) is 64.3 Å². The molecule has 0 saturated carbocycles. The molecule has 0 saturated heterocycles. The normalized spacial score (nSPS) is 10.1. The summed E-state index contributed by atoms with van der Waals surface area (Å²) in [5.74, 6) is -1.36. The summed E-state index contributed by atoms with van der Waals surface area (Å²) in [6.07, 6.45) is 0. The van der Waals surface area contributed by atoms with Crippen LogP contribution in [-0.2, 0) is 4.79 Å². The van der Waals surface area contributed by atoms with Crippen molar-refractivity contribution in [1.29, 1.82) is 0 Å². The minimum absolute atomic E-state index is 0.00145. The SMILES string of the molecule is Nc1ccc(OCC(=O)Nc2cccc(F)c2)cc1F. The Labute approximate surface area is 114 Å². The third kappa shape index (κ3) is 3.68. The van der Waals surface area contributed by atoms with Crippen LogP contribution < -0.4 is 15.8 Å². The molecule has 20 heavy (non-hydrogen) atoms. The lowest BCUT2D eigenvalue weighted by Crippen LogP contribution is -2.20. The van der Waals surface area contributed by atoms with Gasteiger partial charge in [-0.25, -0.2) is 8.78 Å². The summed E-state index contributed by atoms with van der Waals surface area (Å²) in [7, 11) is 0. The van der Waals surface area contributed by atoms with Crippen molar-refractivity contribution in [2.75, 3.05) is 17.7 Å². The van der Waals surface area contributed by atoms with E-state index in [0.29, 0.717) is 5.69 Å². The minimum Gasteiger partial charge on any atom is -0.484 e. The summed E-state index contributed by atoms with van der Waals surface area (Å²) in [5, 5.41) is 2.46. The molecule has 0 aliphatic heterocycles. The van der Waals surface area contributed by atoms with Crippen molar-refractivity contribution in [3.05, 3.63) is 54.1 Å². The lowest BCUT2D eigenvalue weighted by atomic mass is 10.3. The van der Waals surface area contributed by atoms with Gasteiger partial charge in [-0.1, -0.05) is 6.07 Å². The number of hydrogen-bond donors (Lipinski definition) is 2. The predicted molar refractivity (Wildman–Crippen MR) is 71.3 cm³/mol. The van der Waals surface area contributed by atoms with Gasteiger partial charge in [0.1, 0.15) is 17.4 Å². The number of benzene rings is 2. The predicted octanol–water partition coefficient (Wildman–Crippen LogP) is 2.56. The van der Waals surface area contributed by atoms with E-state index in [1.54, 1.807) is 6.07 Å². The van der Waals surface area contributed by atoms with Crippen molar-refractivity contribution in [2.45, 2.75) is 0 Å². The summed E-state index contributed by atoms with van der Waals surface area (Å²) in [4.78, 5) is 11.6. The fourth-order valence-corrected chi connectivity index (χ4v) is 1.51. The summed E-state index contributed by atoms with van der Waals surface area (Å²) in [6.45, 7) is -0.320. The van der Waals surface area contributed by atoms with Crippen molar-refractivity contribution >= 4 is 17.3 Å². The van der Waals surface area contributed by atoms with Gasteiger partial charge in [0.2, 0.25) is 0 Å². The number of rotatable bonds is 4. The lowest BCUT2D eigenvalue weighted by molar-refractivity contribution is -0.118. The molecule has 0 aliphatic rings. The summed E-state index contributed by atoms with van der Waals surface area (Å²) in [6, 6.07) is 9.35. The zero-order chi connectivity index (χ0) is 14.5. The third-order valence-electron chi connectivity index (χ3n) is 2.45. The standard InChI is InChI=1S/C14H12F2N2O2/c15-9-2-1-3-10(6-9)18-14(19)8-20-11-4-5-13(17)12(16)7-11/h1-7H,8,17H2,(H,18,19). The molecule has 4 nitrogen and oxygen atoms in total. The van der Waals surface area contributed by atoms with E-state index in [2.05, 4.69) is 5.32 Å². The molecule has 0 bridgehead atoms. The first-order valence-electron chi connectivity index (χ1n) is 5.78. The average Bonchev–Trinajstić information content (AvgIpc) is 2.40. The van der Waals surface area contributed by atoms with Crippen LogP contribution in [0.25, 0.3) is 0 Å². The molecule has 1 amide bonds. The highest BCUT2D eigenvalue weighted by Gasteiger charge is 2.06. The Morgan fingerprint density at radius 2 is 2.00 bits per heavy atom. The number of halogens is 2. The van der Waals surface area contributed by atoms with E-state index >= 15 is 0 Å². The zero-order valence-corrected chi connectivity index (χ0v) is 10.4. The van der Waals surface area contributed by atoms with Gasteiger partial charge in [0, 0.05) is 11.8 Å². The van der Waals surface area contributed by atoms with Crippen molar-refractivity contribution in [3.8, 4) is 5.75 Å². The second-order valence-corrected chi connectivity index (χ2v) is 4.03. The molecular formula is C14H12F2N2O2. The molecule has 0 unspecified atom stereocenters. The minimum atomic E-state index is -0.618. The van der Waals surface area contributed by atoms with Crippen LogP contribution in [-0.4, -0.2) is 12.5 Å². The zero-order valence-electron chi connectivity index (χ0n) is 10.4. The highest BCUT2D eigenvalue weighted by atomic mass is 19.1. The van der Waals surface area contributed by atoms with Gasteiger partial charge in [-0.2, -0.15) is 0 Å². The Hall–Kier alpha value is -2.63. The van der Waals surface area contributed by atoms with Crippen LogP contribution in [0.1, 0.15) is 0 Å². The van der Waals surface area contributed by atoms with Gasteiger partial charge in [0.15, 0.2) is 6.61 Å². The number of nitrogens with one attached hydrogen (secondary N) is 1. The van der Waals surface area contributed by atoms with Crippen LogP contribution in [0.15, 0.2) is 42.5 Å². The van der Waals surface area contributed by atoms with Crippen LogP contribution in [0.3, 0.4) is 0 Å². The van der Waals surface area contributed by atoms with Crippen molar-refractivity contribution in [2.24, 2.45) is 0 Å². The van der Waals surface area contributed by atoms with Gasteiger partial charge in [0.05, 0.1) is 5.69 Å². The Kier molecular flexibility index (Phi) is 4.14. The van der Waals surface area contributed by atoms with Gasteiger partial charge < -0.3 is 15.8 Å². The van der Waals surface area contributed by atoms with E-state index in [4.69, 9.17) is 10.5 Å². The maximum atomic E-state index is 13.1. The fourth-order valence-electron chi connectivity index (χ4n) is 1.51. The van der Waals surface area contributed by atoms with Crippen molar-refractivity contribution in [1.82, 2.24) is 0 Å². The van der Waals surface area contributed by atoms with Crippen LogP contribution in [0, 0.1) is 11.6 Å². The van der Waals surface area contributed by atoms with Crippen LogP contribution in [0.2, 0.25) is 0 Å². The van der Waals surface area contributed by atoms with E-state index in [-0.39, 0.29) is 18.0 Å². The molecule has 0 radical (unpaired) electrons. The summed E-state index contributed by atoms with van der Waals surface area (Å²) < 4.78 is 31.2. The van der Waals surface area contributed by atoms with Gasteiger partial charge in [0.25, 0.3) is 5.91 Å². The second-order valence-electron chi connectivity index (χ2n) is 4.03. The number of hydrogen-bond acceptors (Lipinski definition) is 3. The lowest BCUT2D eigenvalue weighted by Gasteiger charge is -2.08. The molecule has 0 fully saturated rings. The van der Waals surface area contributed by atoms with Gasteiger partial charge in [-0.3, -0.25) is 4.79 Å². The molecule has 0 aromatic heterocycles. The summed E-state index contributed by atoms with van der Waals surface area (Å²) in [5.41, 5.74) is 5.64. The number of nitrogen functional groups attached to an aromatic ring is 1. The molecule has 0 atom stereocenters. The molecule has 6 heteroatoms. The smallest absolute Gasteiger partial charge is 0.262 e. The van der Waals surface area contributed by atoms with Gasteiger partial charge >= 0.3 is 0 Å². The van der Waals surface area contributed by atoms with E-state index in [9.17, 15) is 13.6 Å². The monoisotopic (exact) mass is 278 g/mol. The van der Waals surface area contributed by atoms with E-state index in [1.807, 2.05) is 0 Å². The maximum absolute atomic E-state index is 13.1. The summed E-state index contributed by atoms with van der Waals surface area (Å²) >= 11 is 0. The first-order chi connectivity index (χ1) is 9.54. The maximum Gasteiger partial charge on any atom is 0.262 e. The quantitative estimate of drug-likeness (QED) is 0.845. The molecule has 2 aromatic rings. The van der Waals surface area contributed by atoms with Crippen LogP contribution in [0.4, 0.5) is 20.2 Å². The first kappa shape index (κ1) is 13.8. The van der Waals surface area contributed by atoms with E-state index in [0.717, 1.165) is 6.07 Å². The molecule has 0 aliphatic carbocycles. The van der Waals surface area contributed by atoms with E-state index in [1.165, 1.54) is 30.3 Å². The van der Waals surface area contributed by atoms with Crippen LogP contribution in [0.5, 0.6) is 5.75 Å². The number of carbonyl (C=O) groups excluding carboxylic acids is 1. The number of anilines is 2. The number of ether oxygens (including phenoxy) is 1. The highest BCUT2D eigenvalue weighted by molar-refractivity contribution is 5.91. The Morgan fingerprint density at radius 3 is 2.70 bits per heavy atom. The molecule has 0 spiro atoms. The molecule has 3 N–H and O–H groups in total. The average molecular weight is 278 g/mol. The van der Waals surface area contributed by atoms with Gasteiger partial charge in [-0.05, 0) is 30.3 Å². The fraction of sp³-hybridized carbons (Fsp3) is 0.0714. The highest BCUT2D eigenvalue weighted by Crippen LogP contribution is 2.18. The van der Waals surface area contributed by atoms with Crippen LogP contribution >= 0.6 is 0 Å². The Morgan fingerprint density at radius 1 is 1.20 bits per heavy atom. The Balaban J connectivity index is 1.90. The number of nitrogens with two attached hydrogens (primary N) is 1. The van der Waals surface area contributed by atoms with Crippen molar-refractivity contribution < 1.29 is 18.3 Å². The Bertz CT molecular complexity index is 632. The second kappa shape index (κ2) is 6.01. The largest absolute Gasteiger partial charge is 0.484 e.